The molecule has 0 amide bonds. The molecule has 4 heteroatoms. The first-order valence-electron chi connectivity index (χ1n) is 4.00. The van der Waals surface area contributed by atoms with E-state index in [1.807, 2.05) is 24.5 Å². The summed E-state index contributed by atoms with van der Waals surface area (Å²) in [6, 6.07) is 7.62. The standard InChI is InChI=1S/C10H7Cl2NS/c1-14-6-2-3-9-7(4-6)8(11)5-10(12)13-9/h2-5H,1H3. The topological polar surface area (TPSA) is 12.9 Å². The van der Waals surface area contributed by atoms with Gasteiger partial charge in [-0.2, -0.15) is 0 Å². The van der Waals surface area contributed by atoms with E-state index in [2.05, 4.69) is 4.98 Å². The molecule has 0 radical (unpaired) electrons. The zero-order chi connectivity index (χ0) is 10.1. The van der Waals surface area contributed by atoms with E-state index >= 15 is 0 Å². The van der Waals surface area contributed by atoms with Crippen LogP contribution in [-0.2, 0) is 0 Å². The second-order valence-corrected chi connectivity index (χ2v) is 4.48. The monoisotopic (exact) mass is 243 g/mol. The van der Waals surface area contributed by atoms with Crippen LogP contribution in [0.3, 0.4) is 0 Å². The third-order valence-corrected chi connectivity index (χ3v) is 3.17. The lowest BCUT2D eigenvalue weighted by Gasteiger charge is -2.02. The number of rotatable bonds is 1. The van der Waals surface area contributed by atoms with Crippen LogP contribution in [0, 0.1) is 0 Å². The summed E-state index contributed by atoms with van der Waals surface area (Å²) in [6.07, 6.45) is 2.03. The predicted octanol–water partition coefficient (Wildman–Crippen LogP) is 4.26. The van der Waals surface area contributed by atoms with Gasteiger partial charge in [0.1, 0.15) is 5.15 Å². The van der Waals surface area contributed by atoms with Crippen molar-refractivity contribution >= 4 is 45.9 Å². The second kappa shape index (κ2) is 3.97. The Labute approximate surface area is 96.4 Å². The van der Waals surface area contributed by atoms with Gasteiger partial charge in [-0.15, -0.1) is 11.8 Å². The Morgan fingerprint density at radius 1 is 1.21 bits per heavy atom. The summed E-state index contributed by atoms with van der Waals surface area (Å²) < 4.78 is 0. The summed E-state index contributed by atoms with van der Waals surface area (Å²) in [5.74, 6) is 0. The molecule has 1 heterocycles. The van der Waals surface area contributed by atoms with E-state index in [1.54, 1.807) is 17.8 Å². The average molecular weight is 244 g/mol. The summed E-state index contributed by atoms with van der Waals surface area (Å²) in [6.45, 7) is 0. The Hall–Kier alpha value is -0.440. The maximum absolute atomic E-state index is 6.06. The Balaban J connectivity index is 2.75. The minimum absolute atomic E-state index is 0.430. The predicted molar refractivity (Wildman–Crippen MR) is 63.5 cm³/mol. The van der Waals surface area contributed by atoms with E-state index in [-0.39, 0.29) is 0 Å². The van der Waals surface area contributed by atoms with Crippen molar-refractivity contribution in [2.75, 3.05) is 6.26 Å². The molecule has 14 heavy (non-hydrogen) atoms. The Kier molecular flexibility index (Phi) is 2.86. The highest BCUT2D eigenvalue weighted by molar-refractivity contribution is 7.98. The molecule has 72 valence electrons. The largest absolute Gasteiger partial charge is 0.236 e. The molecule has 0 unspecified atom stereocenters. The summed E-state index contributed by atoms with van der Waals surface area (Å²) in [7, 11) is 0. The van der Waals surface area contributed by atoms with Crippen LogP contribution in [0.25, 0.3) is 10.9 Å². The molecule has 0 aliphatic heterocycles. The molecule has 0 aliphatic rings. The molecular formula is C10H7Cl2NS. The van der Waals surface area contributed by atoms with Gasteiger partial charge in [0.2, 0.25) is 0 Å². The van der Waals surface area contributed by atoms with Crippen molar-refractivity contribution in [1.29, 1.82) is 0 Å². The lowest BCUT2D eigenvalue weighted by atomic mass is 10.2. The van der Waals surface area contributed by atoms with Crippen molar-refractivity contribution < 1.29 is 0 Å². The first-order chi connectivity index (χ1) is 6.70. The molecule has 0 spiro atoms. The van der Waals surface area contributed by atoms with Crippen molar-refractivity contribution in [2.24, 2.45) is 0 Å². The van der Waals surface area contributed by atoms with Gasteiger partial charge in [-0.1, -0.05) is 23.2 Å². The number of hydrogen-bond acceptors (Lipinski definition) is 2. The number of halogens is 2. The first-order valence-corrected chi connectivity index (χ1v) is 5.98. The highest BCUT2D eigenvalue weighted by atomic mass is 35.5. The zero-order valence-corrected chi connectivity index (χ0v) is 9.75. The van der Waals surface area contributed by atoms with Crippen LogP contribution in [0.1, 0.15) is 0 Å². The fourth-order valence-corrected chi connectivity index (χ4v) is 2.21. The lowest BCUT2D eigenvalue weighted by Crippen LogP contribution is -1.82. The van der Waals surface area contributed by atoms with Gasteiger partial charge in [-0.05, 0) is 30.5 Å². The van der Waals surface area contributed by atoms with E-state index in [9.17, 15) is 0 Å². The van der Waals surface area contributed by atoms with Crippen LogP contribution in [0.5, 0.6) is 0 Å². The molecule has 2 aromatic rings. The number of fused-ring (bicyclic) bond motifs is 1. The van der Waals surface area contributed by atoms with Crippen molar-refractivity contribution in [3.63, 3.8) is 0 Å². The van der Waals surface area contributed by atoms with Gasteiger partial charge in [0, 0.05) is 10.3 Å². The van der Waals surface area contributed by atoms with Crippen LogP contribution < -0.4 is 0 Å². The van der Waals surface area contributed by atoms with E-state index < -0.39 is 0 Å². The van der Waals surface area contributed by atoms with Gasteiger partial charge in [0.05, 0.1) is 10.5 Å². The quantitative estimate of drug-likeness (QED) is 0.549. The molecule has 0 fully saturated rings. The number of aromatic nitrogens is 1. The summed E-state index contributed by atoms with van der Waals surface area (Å²) >= 11 is 13.5. The minimum atomic E-state index is 0.430. The SMILES string of the molecule is CSc1ccc2nc(Cl)cc(Cl)c2c1. The van der Waals surface area contributed by atoms with Crippen LogP contribution in [0.2, 0.25) is 10.2 Å². The third kappa shape index (κ3) is 1.83. The van der Waals surface area contributed by atoms with Gasteiger partial charge in [-0.25, -0.2) is 4.98 Å². The normalized spacial score (nSPS) is 10.8. The van der Waals surface area contributed by atoms with Crippen molar-refractivity contribution in [3.8, 4) is 0 Å². The first kappa shape index (κ1) is 10.1. The molecule has 0 N–H and O–H groups in total. The number of hydrogen-bond donors (Lipinski definition) is 0. The number of nitrogens with zero attached hydrogens (tertiary/aromatic N) is 1. The fourth-order valence-electron chi connectivity index (χ4n) is 1.26. The van der Waals surface area contributed by atoms with Crippen LogP contribution in [-0.4, -0.2) is 11.2 Å². The molecule has 0 aliphatic carbocycles. The van der Waals surface area contributed by atoms with Gasteiger partial charge < -0.3 is 0 Å². The summed E-state index contributed by atoms with van der Waals surface area (Å²) in [4.78, 5) is 5.35. The highest BCUT2D eigenvalue weighted by Crippen LogP contribution is 2.28. The lowest BCUT2D eigenvalue weighted by molar-refractivity contribution is 1.39. The maximum Gasteiger partial charge on any atom is 0.131 e. The van der Waals surface area contributed by atoms with Crippen molar-refractivity contribution in [2.45, 2.75) is 4.90 Å². The van der Waals surface area contributed by atoms with Crippen molar-refractivity contribution in [1.82, 2.24) is 4.98 Å². The molecular weight excluding hydrogens is 237 g/mol. The molecule has 0 saturated heterocycles. The fraction of sp³-hybridized carbons (Fsp3) is 0.100. The summed E-state index contributed by atoms with van der Waals surface area (Å²) in [5, 5.41) is 2.03. The molecule has 1 aromatic carbocycles. The average Bonchev–Trinajstić information content (AvgIpc) is 2.17. The Morgan fingerprint density at radius 2 is 2.00 bits per heavy atom. The van der Waals surface area contributed by atoms with E-state index in [0.717, 1.165) is 10.9 Å². The summed E-state index contributed by atoms with van der Waals surface area (Å²) in [5.41, 5.74) is 0.834. The molecule has 1 aromatic heterocycles. The van der Waals surface area contributed by atoms with E-state index in [4.69, 9.17) is 23.2 Å². The molecule has 0 atom stereocenters. The van der Waals surface area contributed by atoms with Crippen molar-refractivity contribution in [3.05, 3.63) is 34.4 Å². The van der Waals surface area contributed by atoms with Crippen LogP contribution in [0.15, 0.2) is 29.2 Å². The van der Waals surface area contributed by atoms with Crippen LogP contribution in [0.4, 0.5) is 0 Å². The smallest absolute Gasteiger partial charge is 0.131 e. The van der Waals surface area contributed by atoms with Gasteiger partial charge in [0.15, 0.2) is 0 Å². The maximum atomic E-state index is 6.06. The molecule has 0 bridgehead atoms. The van der Waals surface area contributed by atoms with Crippen LogP contribution >= 0.6 is 35.0 Å². The van der Waals surface area contributed by atoms with Gasteiger partial charge in [0.25, 0.3) is 0 Å². The van der Waals surface area contributed by atoms with Gasteiger partial charge >= 0.3 is 0 Å². The van der Waals surface area contributed by atoms with E-state index in [0.29, 0.717) is 10.2 Å². The highest BCUT2D eigenvalue weighted by Gasteiger charge is 2.03. The minimum Gasteiger partial charge on any atom is -0.236 e. The number of benzene rings is 1. The second-order valence-electron chi connectivity index (χ2n) is 2.81. The zero-order valence-electron chi connectivity index (χ0n) is 7.42. The number of thioether (sulfide) groups is 1. The number of pyridine rings is 1. The third-order valence-electron chi connectivity index (χ3n) is 1.93. The van der Waals surface area contributed by atoms with Gasteiger partial charge in [-0.3, -0.25) is 0 Å². The Bertz CT molecular complexity index is 485. The molecule has 1 nitrogen and oxygen atoms in total. The molecule has 2 rings (SSSR count). The van der Waals surface area contributed by atoms with E-state index in [1.165, 1.54) is 4.90 Å². The Morgan fingerprint density at radius 3 is 2.71 bits per heavy atom. The molecule has 0 saturated carbocycles.